The van der Waals surface area contributed by atoms with Crippen LogP contribution in [-0.2, 0) is 14.3 Å². The van der Waals surface area contributed by atoms with E-state index in [-0.39, 0.29) is 29.8 Å². The Hall–Kier alpha value is -4.70. The predicted molar refractivity (Wildman–Crippen MR) is 163 cm³/mol. The molecule has 0 fully saturated rings. The summed E-state index contributed by atoms with van der Waals surface area (Å²) < 4.78 is 24.3. The van der Waals surface area contributed by atoms with Gasteiger partial charge in [0.05, 0.1) is 41.2 Å². The molecule has 0 aliphatic carbocycles. The molecule has 1 atom stereocenters. The molecular weight excluding hydrogens is 568 g/mol. The second-order valence-electron chi connectivity index (χ2n) is 10.2. The average molecular weight is 601 g/mol. The lowest BCUT2D eigenvalue weighted by Gasteiger charge is -2.25. The maximum Gasteiger partial charge on any atom is 0.338 e. The van der Waals surface area contributed by atoms with Gasteiger partial charge in [0.15, 0.2) is 4.80 Å². The van der Waals surface area contributed by atoms with Crippen molar-refractivity contribution in [3.63, 3.8) is 0 Å². The Morgan fingerprint density at radius 2 is 1.86 bits per heavy atom. The zero-order valence-electron chi connectivity index (χ0n) is 24.8. The van der Waals surface area contributed by atoms with Gasteiger partial charge in [-0.3, -0.25) is 9.36 Å². The van der Waals surface area contributed by atoms with Gasteiger partial charge in [-0.1, -0.05) is 35.6 Å². The number of allylic oxidation sites excluding steroid dienone is 1. The third-order valence-electron chi connectivity index (χ3n) is 6.92. The van der Waals surface area contributed by atoms with Crippen LogP contribution in [0.2, 0.25) is 0 Å². The van der Waals surface area contributed by atoms with Gasteiger partial charge in [-0.25, -0.2) is 14.6 Å². The Morgan fingerprint density at radius 3 is 2.56 bits per heavy atom. The van der Waals surface area contributed by atoms with Gasteiger partial charge in [0.25, 0.3) is 5.56 Å². The number of fused-ring (bicyclic) bond motifs is 1. The Bertz CT molecular complexity index is 1930. The monoisotopic (exact) mass is 600 g/mol. The Balaban J connectivity index is 1.57. The molecule has 0 radical (unpaired) electrons. The van der Waals surface area contributed by atoms with Gasteiger partial charge in [0.2, 0.25) is 0 Å². The summed E-state index contributed by atoms with van der Waals surface area (Å²) in [5, 5.41) is 0. The summed E-state index contributed by atoms with van der Waals surface area (Å²) in [4.78, 5) is 44.4. The van der Waals surface area contributed by atoms with Gasteiger partial charge in [-0.2, -0.15) is 0 Å². The largest absolute Gasteiger partial charge is 0.496 e. The number of aromatic nitrogens is 1. The fourth-order valence-electron chi connectivity index (χ4n) is 5.03. The number of hydrogen-bond donors (Lipinski definition) is 0. The second-order valence-corrected chi connectivity index (χ2v) is 11.2. The van der Waals surface area contributed by atoms with Crippen LogP contribution in [0.4, 0.5) is 0 Å². The van der Waals surface area contributed by atoms with Gasteiger partial charge in [-0.15, -0.1) is 0 Å². The number of esters is 2. The van der Waals surface area contributed by atoms with E-state index in [0.29, 0.717) is 43.4 Å². The van der Waals surface area contributed by atoms with E-state index in [0.717, 1.165) is 11.1 Å². The molecule has 0 N–H and O–H groups in total. The molecule has 3 heterocycles. The van der Waals surface area contributed by atoms with Crippen molar-refractivity contribution >= 4 is 29.4 Å². The van der Waals surface area contributed by atoms with E-state index in [2.05, 4.69) is 4.99 Å². The van der Waals surface area contributed by atoms with Gasteiger partial charge in [0, 0.05) is 17.2 Å². The van der Waals surface area contributed by atoms with Gasteiger partial charge in [0.1, 0.15) is 23.3 Å². The number of ether oxygens (including phenoxy) is 3. The van der Waals surface area contributed by atoms with Gasteiger partial charge >= 0.3 is 11.9 Å². The summed E-state index contributed by atoms with van der Waals surface area (Å²) in [6, 6.07) is 15.4. The smallest absolute Gasteiger partial charge is 0.338 e. The fraction of sp³-hybridized carbons (Fsp3) is 0.273. The van der Waals surface area contributed by atoms with Crippen molar-refractivity contribution in [1.82, 2.24) is 4.57 Å². The van der Waals surface area contributed by atoms with E-state index in [4.69, 9.17) is 18.6 Å². The average Bonchev–Trinajstić information content (AvgIpc) is 3.55. The van der Waals surface area contributed by atoms with E-state index < -0.39 is 12.0 Å². The first-order chi connectivity index (χ1) is 20.6. The summed E-state index contributed by atoms with van der Waals surface area (Å²) in [5.41, 5.74) is 3.19. The molecule has 2 aromatic carbocycles. The van der Waals surface area contributed by atoms with E-state index >= 15 is 0 Å². The Labute approximate surface area is 252 Å². The maximum atomic E-state index is 13.9. The predicted octanol–water partition coefficient (Wildman–Crippen LogP) is 4.94. The number of benzene rings is 2. The van der Waals surface area contributed by atoms with Crippen LogP contribution in [0.3, 0.4) is 0 Å². The van der Waals surface area contributed by atoms with Crippen LogP contribution in [0.1, 0.15) is 61.0 Å². The third-order valence-corrected chi connectivity index (χ3v) is 7.90. The summed E-state index contributed by atoms with van der Waals surface area (Å²) in [7, 11) is 1.55. The number of carbonyl (C=O) groups is 2. The van der Waals surface area contributed by atoms with Crippen LogP contribution < -0.4 is 19.6 Å². The normalized spacial score (nSPS) is 14.9. The molecule has 0 bridgehead atoms. The van der Waals surface area contributed by atoms with Crippen molar-refractivity contribution in [1.29, 1.82) is 0 Å². The molecule has 1 aliphatic heterocycles. The summed E-state index contributed by atoms with van der Waals surface area (Å²) in [6.07, 6.45) is 1.46. The molecule has 1 aliphatic rings. The second kappa shape index (κ2) is 12.3. The molecule has 0 spiro atoms. The zero-order chi connectivity index (χ0) is 30.8. The molecule has 9 nitrogen and oxygen atoms in total. The fourth-order valence-corrected chi connectivity index (χ4v) is 6.06. The number of thiazole rings is 1. The molecule has 0 saturated heterocycles. The van der Waals surface area contributed by atoms with E-state index in [9.17, 15) is 14.4 Å². The third kappa shape index (κ3) is 5.83. The number of hydrogen-bond acceptors (Lipinski definition) is 9. The topological polar surface area (TPSA) is 109 Å². The quantitative estimate of drug-likeness (QED) is 0.264. The highest BCUT2D eigenvalue weighted by atomic mass is 32.1. The highest BCUT2D eigenvalue weighted by Crippen LogP contribution is 2.35. The molecule has 2 aromatic heterocycles. The van der Waals surface area contributed by atoms with Crippen molar-refractivity contribution in [3.8, 4) is 17.1 Å². The van der Waals surface area contributed by atoms with E-state index in [1.54, 1.807) is 65.1 Å². The summed E-state index contributed by atoms with van der Waals surface area (Å²) in [5.74, 6) is 0.676. The standard InChI is InChI=1S/C33H32N2O7S/c1-7-40-32(38)28-20(5)34-33-35(29(28)24-10-8-9-11-25(24)39-6)30(36)27(43-33)17-22-13-15-26(42-22)23-14-12-21(16-19(23)4)31(37)41-18(2)3/h8-18,29H,7H2,1-6H3/b27-17+/t29-/m0/s1. The van der Waals surface area contributed by atoms with Crippen LogP contribution in [0, 0.1) is 6.92 Å². The molecule has 43 heavy (non-hydrogen) atoms. The van der Waals surface area contributed by atoms with Crippen LogP contribution in [0.25, 0.3) is 17.4 Å². The van der Waals surface area contributed by atoms with Crippen LogP contribution in [-0.4, -0.2) is 36.3 Å². The van der Waals surface area contributed by atoms with Gasteiger partial charge in [-0.05, 0) is 70.5 Å². The highest BCUT2D eigenvalue weighted by Gasteiger charge is 2.35. The Morgan fingerprint density at radius 1 is 1.09 bits per heavy atom. The first-order valence-corrected chi connectivity index (χ1v) is 14.7. The molecule has 0 unspecified atom stereocenters. The van der Waals surface area contributed by atoms with Gasteiger partial charge < -0.3 is 18.6 Å². The zero-order valence-corrected chi connectivity index (χ0v) is 25.6. The van der Waals surface area contributed by atoms with Crippen LogP contribution in [0.15, 0.2) is 80.1 Å². The number of furan rings is 1. The molecule has 5 rings (SSSR count). The molecule has 10 heteroatoms. The lowest BCUT2D eigenvalue weighted by atomic mass is 9.95. The Kier molecular flexibility index (Phi) is 8.50. The van der Waals surface area contributed by atoms with Crippen LogP contribution in [0.5, 0.6) is 5.75 Å². The number of nitrogens with zero attached hydrogens (tertiary/aromatic N) is 2. The summed E-state index contributed by atoms with van der Waals surface area (Å²) >= 11 is 1.21. The molecule has 4 aromatic rings. The number of para-hydroxylation sites is 1. The number of carbonyl (C=O) groups excluding carboxylic acids is 2. The SMILES string of the molecule is CCOC(=O)C1=C(C)N=c2s/c(=C/c3ccc(-c4ccc(C(=O)OC(C)C)cc4C)o3)c(=O)n2[C@H]1c1ccccc1OC. The van der Waals surface area contributed by atoms with Crippen molar-refractivity contribution in [3.05, 3.63) is 108 Å². The lowest BCUT2D eigenvalue weighted by molar-refractivity contribution is -0.139. The highest BCUT2D eigenvalue weighted by molar-refractivity contribution is 7.07. The minimum absolute atomic E-state index is 0.184. The first kappa shape index (κ1) is 29.8. The van der Waals surface area contributed by atoms with E-state index in [1.165, 1.54) is 15.9 Å². The van der Waals surface area contributed by atoms with E-state index in [1.807, 2.05) is 37.3 Å². The minimum Gasteiger partial charge on any atom is -0.496 e. The number of rotatable bonds is 8. The summed E-state index contributed by atoms with van der Waals surface area (Å²) in [6.45, 7) is 9.15. The molecule has 0 amide bonds. The molecular formula is C33H32N2O7S. The number of aryl methyl sites for hydroxylation is 1. The first-order valence-electron chi connectivity index (χ1n) is 13.9. The number of methoxy groups -OCH3 is 1. The van der Waals surface area contributed by atoms with Crippen molar-refractivity contribution < 1.29 is 28.2 Å². The maximum absolute atomic E-state index is 13.9. The molecule has 222 valence electrons. The minimum atomic E-state index is -0.788. The van der Waals surface area contributed by atoms with Crippen molar-refractivity contribution in [2.45, 2.75) is 46.8 Å². The van der Waals surface area contributed by atoms with Crippen molar-refractivity contribution in [2.24, 2.45) is 4.99 Å². The van der Waals surface area contributed by atoms with Crippen LogP contribution >= 0.6 is 11.3 Å². The molecule has 0 saturated carbocycles. The van der Waals surface area contributed by atoms with Crippen molar-refractivity contribution in [2.75, 3.05) is 13.7 Å². The lowest BCUT2D eigenvalue weighted by Crippen LogP contribution is -2.40.